The molecule has 2 aliphatic carbocycles. The van der Waals surface area contributed by atoms with Gasteiger partial charge in [-0.25, -0.2) is 0 Å². The number of allylic oxidation sites excluding steroid dienone is 4. The van der Waals surface area contributed by atoms with E-state index in [-0.39, 0.29) is 35.7 Å². The summed E-state index contributed by atoms with van der Waals surface area (Å²) in [5, 5.41) is 0. The van der Waals surface area contributed by atoms with Crippen molar-refractivity contribution in [1.82, 2.24) is 0 Å². The Morgan fingerprint density at radius 1 is 0.857 bits per heavy atom. The van der Waals surface area contributed by atoms with Gasteiger partial charge < -0.3 is 24.8 Å². The van der Waals surface area contributed by atoms with Crippen molar-refractivity contribution in [3.8, 4) is 11.1 Å². The summed E-state index contributed by atoms with van der Waals surface area (Å²) in [6, 6.07) is 18.4. The van der Waals surface area contributed by atoms with Crippen LogP contribution in [0.3, 0.4) is 0 Å². The summed E-state index contributed by atoms with van der Waals surface area (Å²) >= 11 is -2.01. The third-order valence-electron chi connectivity index (χ3n) is 5.74. The quantitative estimate of drug-likeness (QED) is 0.454. The van der Waals surface area contributed by atoms with E-state index in [9.17, 15) is 0 Å². The van der Waals surface area contributed by atoms with Gasteiger partial charge in [-0.3, -0.25) is 0 Å². The summed E-state index contributed by atoms with van der Waals surface area (Å²) in [6.07, 6.45) is 6.38. The molecule has 0 nitrogen and oxygen atoms in total. The van der Waals surface area contributed by atoms with Gasteiger partial charge in [0.2, 0.25) is 0 Å². The standard InChI is InChI=1S/C13H9.C9H13.C2H6Si.2ClH.Hf/c1-3-7-12-10(5-1)9-11-6-2-4-8-13(11)12;1-9(2,3)8-6-4-5-7-8;1-3-2;;;/h1-9H;6-7H,4H2,1-3H3;1-2H3;2*1H;/q;;;;;+2/p-2. The van der Waals surface area contributed by atoms with Crippen LogP contribution in [0, 0.1) is 5.41 Å². The first-order valence-corrected chi connectivity index (χ1v) is 21.4. The number of hydrogen-bond acceptors (Lipinski definition) is 0. The van der Waals surface area contributed by atoms with Gasteiger partial charge in [-0.15, -0.1) is 0 Å². The summed E-state index contributed by atoms with van der Waals surface area (Å²) in [5.74, 6) is 0. The molecule has 28 heavy (non-hydrogen) atoms. The maximum Gasteiger partial charge on any atom is -1.00 e. The van der Waals surface area contributed by atoms with E-state index in [1.54, 1.807) is 16.7 Å². The normalized spacial score (nSPS) is 14.6. The SMILES string of the molecule is C[Si](C)=[Hf+2]([C]1=CC(C(C)(C)C)=CC1)[CH]1c2ccccc2-c2ccccc21.[Cl-].[Cl-]. The molecule has 0 amide bonds. The molecule has 0 saturated carbocycles. The molecule has 0 atom stereocenters. The molecule has 0 bridgehead atoms. The molecular weight excluding hydrogens is 566 g/mol. The summed E-state index contributed by atoms with van der Waals surface area (Å²) in [5.41, 5.74) is 7.83. The number of fused-ring (bicyclic) bond motifs is 3. The fourth-order valence-corrected chi connectivity index (χ4v) is 30.5. The second-order valence-corrected chi connectivity index (χ2v) is 33.3. The van der Waals surface area contributed by atoms with Crippen molar-refractivity contribution in [3.05, 3.63) is 80.7 Å². The molecule has 0 heterocycles. The minimum absolute atomic E-state index is 0. The van der Waals surface area contributed by atoms with Gasteiger partial charge in [-0.1, -0.05) is 0 Å². The van der Waals surface area contributed by atoms with Crippen molar-refractivity contribution in [1.29, 1.82) is 0 Å². The Balaban J connectivity index is 0.00000140. The molecular formula is C24H28Cl2HfSi. The van der Waals surface area contributed by atoms with Crippen LogP contribution in [0.25, 0.3) is 11.1 Å². The Labute approximate surface area is 190 Å². The monoisotopic (exact) mass is 594 g/mol. The Kier molecular flexibility index (Phi) is 7.81. The molecule has 0 aliphatic heterocycles. The number of benzene rings is 2. The first-order chi connectivity index (χ1) is 12.4. The molecule has 0 fully saturated rings. The van der Waals surface area contributed by atoms with Crippen LogP contribution >= 0.6 is 0 Å². The van der Waals surface area contributed by atoms with Gasteiger partial charge in [0.15, 0.2) is 0 Å². The number of rotatable bonds is 2. The molecule has 2 aromatic rings. The molecule has 0 aromatic heterocycles. The summed E-state index contributed by atoms with van der Waals surface area (Å²) in [6.45, 7) is 12.2. The largest absolute Gasteiger partial charge is 1.00 e. The van der Waals surface area contributed by atoms with Gasteiger partial charge in [0.25, 0.3) is 0 Å². The molecule has 146 valence electrons. The predicted octanol–water partition coefficient (Wildman–Crippen LogP) is 0.894. The Morgan fingerprint density at radius 3 is 1.79 bits per heavy atom. The predicted molar refractivity (Wildman–Crippen MR) is 111 cm³/mol. The Hall–Kier alpha value is -0.413. The van der Waals surface area contributed by atoms with E-state index in [0.717, 1.165) is 3.67 Å². The maximum atomic E-state index is 2.63. The van der Waals surface area contributed by atoms with E-state index < -0.39 is 20.1 Å². The van der Waals surface area contributed by atoms with Gasteiger partial charge in [-0.05, 0) is 0 Å². The van der Waals surface area contributed by atoms with Crippen molar-refractivity contribution in [2.24, 2.45) is 5.41 Å². The zero-order valence-electron chi connectivity index (χ0n) is 17.3. The molecule has 0 radical (unpaired) electrons. The van der Waals surface area contributed by atoms with E-state index in [1.165, 1.54) is 17.5 Å². The second kappa shape index (κ2) is 9.16. The zero-order chi connectivity index (χ0) is 18.5. The Bertz CT molecular complexity index is 931. The molecule has 0 spiro atoms. The van der Waals surface area contributed by atoms with Crippen LogP contribution < -0.4 is 24.8 Å². The summed E-state index contributed by atoms with van der Waals surface area (Å²) in [7, 11) is 0. The van der Waals surface area contributed by atoms with Crippen LogP contribution in [-0.2, 0) is 20.1 Å². The minimum Gasteiger partial charge on any atom is -1.00 e. The van der Waals surface area contributed by atoms with Gasteiger partial charge in [0, 0.05) is 0 Å². The third kappa shape index (κ3) is 4.21. The van der Waals surface area contributed by atoms with Crippen molar-refractivity contribution in [2.75, 3.05) is 0 Å². The number of halogens is 2. The molecule has 4 rings (SSSR count). The fourth-order valence-electron chi connectivity index (χ4n) is 4.50. The van der Waals surface area contributed by atoms with Gasteiger partial charge in [-0.2, -0.15) is 0 Å². The van der Waals surface area contributed by atoms with Crippen molar-refractivity contribution < 1.29 is 44.9 Å². The molecule has 2 aliphatic rings. The number of hydrogen-bond donors (Lipinski definition) is 0. The van der Waals surface area contributed by atoms with Crippen LogP contribution in [0.1, 0.15) is 42.0 Å². The van der Waals surface area contributed by atoms with Crippen LogP contribution in [0.15, 0.2) is 69.6 Å². The van der Waals surface area contributed by atoms with Gasteiger partial charge in [0.1, 0.15) is 0 Å². The van der Waals surface area contributed by atoms with Gasteiger partial charge >= 0.3 is 167 Å². The van der Waals surface area contributed by atoms with E-state index in [1.807, 2.05) is 3.33 Å². The smallest absolute Gasteiger partial charge is 1.00 e. The van der Waals surface area contributed by atoms with Crippen molar-refractivity contribution >= 4 is 5.49 Å². The fraction of sp³-hybridized carbons (Fsp3) is 0.333. The van der Waals surface area contributed by atoms with E-state index in [2.05, 4.69) is 94.5 Å². The van der Waals surface area contributed by atoms with Crippen LogP contribution in [0.2, 0.25) is 13.1 Å². The minimum atomic E-state index is -2.01. The molecule has 0 saturated heterocycles. The topological polar surface area (TPSA) is 0 Å². The first kappa shape index (κ1) is 23.9. The van der Waals surface area contributed by atoms with Gasteiger partial charge in [0.05, 0.1) is 0 Å². The van der Waals surface area contributed by atoms with E-state index in [4.69, 9.17) is 0 Å². The maximum absolute atomic E-state index is 2.63. The molecule has 0 N–H and O–H groups in total. The third-order valence-corrected chi connectivity index (χ3v) is 31.5. The Morgan fingerprint density at radius 2 is 1.36 bits per heavy atom. The summed E-state index contributed by atoms with van der Waals surface area (Å²) < 4.78 is 2.60. The molecule has 4 heteroatoms. The average Bonchev–Trinajstić information content (AvgIpc) is 3.20. The second-order valence-electron chi connectivity index (χ2n) is 8.80. The van der Waals surface area contributed by atoms with Crippen molar-refractivity contribution in [2.45, 2.75) is 44.0 Å². The summed E-state index contributed by atoms with van der Waals surface area (Å²) in [4.78, 5) is 0. The molecule has 0 unspecified atom stereocenters. The van der Waals surface area contributed by atoms with E-state index >= 15 is 0 Å². The van der Waals surface area contributed by atoms with Crippen molar-refractivity contribution in [3.63, 3.8) is 0 Å². The van der Waals surface area contributed by atoms with Crippen LogP contribution in [0.4, 0.5) is 0 Å². The molecule has 2 aromatic carbocycles. The average molecular weight is 594 g/mol. The zero-order valence-corrected chi connectivity index (χ0v) is 23.4. The first-order valence-electron chi connectivity index (χ1n) is 9.65. The van der Waals surface area contributed by atoms with Crippen LogP contribution in [-0.4, -0.2) is 5.49 Å². The van der Waals surface area contributed by atoms with E-state index in [0.29, 0.717) is 0 Å². The van der Waals surface area contributed by atoms with Crippen LogP contribution in [0.5, 0.6) is 0 Å².